The molecule has 1 aromatic carbocycles. The number of anilines is 1. The van der Waals surface area contributed by atoms with Gasteiger partial charge in [0.25, 0.3) is 0 Å². The Morgan fingerprint density at radius 1 is 1.11 bits per heavy atom. The fraction of sp³-hybridized carbons (Fsp3) is 0.429. The van der Waals surface area contributed by atoms with Crippen LogP contribution in [0.15, 0.2) is 48.8 Å². The molecule has 27 heavy (non-hydrogen) atoms. The molecule has 1 saturated heterocycles. The highest BCUT2D eigenvalue weighted by Crippen LogP contribution is 2.24. The van der Waals surface area contributed by atoms with Crippen molar-refractivity contribution in [3.8, 4) is 5.75 Å². The highest BCUT2D eigenvalue weighted by Gasteiger charge is 2.22. The number of urea groups is 1. The molecule has 3 rings (SSSR count). The number of carbonyl (C=O) groups excluding carboxylic acids is 1. The van der Waals surface area contributed by atoms with Gasteiger partial charge >= 0.3 is 6.03 Å². The fourth-order valence-corrected chi connectivity index (χ4v) is 3.00. The summed E-state index contributed by atoms with van der Waals surface area (Å²) in [4.78, 5) is 20.9. The first kappa shape index (κ1) is 19.2. The number of para-hydroxylation sites is 2. The fourth-order valence-electron chi connectivity index (χ4n) is 3.00. The molecule has 6 heteroatoms. The number of rotatable bonds is 6. The van der Waals surface area contributed by atoms with Crippen molar-refractivity contribution in [3.05, 3.63) is 54.4 Å². The van der Waals surface area contributed by atoms with Crippen LogP contribution in [0, 0.1) is 5.92 Å². The van der Waals surface area contributed by atoms with Gasteiger partial charge in [0, 0.05) is 45.1 Å². The number of piperazine rings is 1. The van der Waals surface area contributed by atoms with Gasteiger partial charge in [-0.25, -0.2) is 4.79 Å². The largest absolute Gasteiger partial charge is 0.491 e. The van der Waals surface area contributed by atoms with Gasteiger partial charge in [-0.1, -0.05) is 26.0 Å². The number of ether oxygens (including phenoxy) is 1. The second-order valence-corrected chi connectivity index (χ2v) is 7.25. The van der Waals surface area contributed by atoms with E-state index in [1.54, 1.807) is 0 Å². The van der Waals surface area contributed by atoms with E-state index in [0.29, 0.717) is 25.6 Å². The van der Waals surface area contributed by atoms with E-state index in [2.05, 4.69) is 29.0 Å². The first-order valence-corrected chi connectivity index (χ1v) is 9.51. The predicted molar refractivity (Wildman–Crippen MR) is 107 cm³/mol. The molecule has 2 heterocycles. The first-order valence-electron chi connectivity index (χ1n) is 9.51. The van der Waals surface area contributed by atoms with E-state index in [0.717, 1.165) is 31.1 Å². The minimum absolute atomic E-state index is 0.0702. The number of pyridine rings is 1. The number of carbonyl (C=O) groups is 1. The molecule has 1 fully saturated rings. The molecule has 1 aromatic heterocycles. The summed E-state index contributed by atoms with van der Waals surface area (Å²) in [7, 11) is 0. The third-order valence-corrected chi connectivity index (χ3v) is 4.52. The molecule has 0 bridgehead atoms. The van der Waals surface area contributed by atoms with Gasteiger partial charge in [0.1, 0.15) is 5.75 Å². The monoisotopic (exact) mass is 368 g/mol. The van der Waals surface area contributed by atoms with Crippen molar-refractivity contribution in [2.75, 3.05) is 38.1 Å². The van der Waals surface area contributed by atoms with Crippen LogP contribution >= 0.6 is 0 Å². The van der Waals surface area contributed by atoms with E-state index in [4.69, 9.17) is 4.74 Å². The molecule has 144 valence electrons. The normalized spacial score (nSPS) is 15.0. The Morgan fingerprint density at radius 3 is 2.52 bits per heavy atom. The SMILES string of the molecule is CC(C)COc1ccccc1NC(=O)N1CCN(Cc2ccncc2)CC1. The van der Waals surface area contributed by atoms with Crippen molar-refractivity contribution < 1.29 is 9.53 Å². The molecule has 2 aromatic rings. The molecule has 0 unspecified atom stereocenters. The van der Waals surface area contributed by atoms with Crippen LogP contribution in [0.3, 0.4) is 0 Å². The lowest BCUT2D eigenvalue weighted by Gasteiger charge is -2.34. The molecule has 2 amide bonds. The smallest absolute Gasteiger partial charge is 0.322 e. The second kappa shape index (κ2) is 9.37. The number of nitrogens with one attached hydrogen (secondary N) is 1. The highest BCUT2D eigenvalue weighted by molar-refractivity contribution is 5.91. The zero-order valence-corrected chi connectivity index (χ0v) is 16.1. The third kappa shape index (κ3) is 5.69. The minimum atomic E-state index is -0.0702. The van der Waals surface area contributed by atoms with E-state index >= 15 is 0 Å². The van der Waals surface area contributed by atoms with Crippen molar-refractivity contribution in [3.63, 3.8) is 0 Å². The van der Waals surface area contributed by atoms with Crippen LogP contribution < -0.4 is 10.1 Å². The molecule has 1 N–H and O–H groups in total. The summed E-state index contributed by atoms with van der Waals surface area (Å²) >= 11 is 0. The Kier molecular flexibility index (Phi) is 6.65. The van der Waals surface area contributed by atoms with Gasteiger partial charge in [-0.3, -0.25) is 9.88 Å². The van der Waals surface area contributed by atoms with Crippen LogP contribution in [0.25, 0.3) is 0 Å². The third-order valence-electron chi connectivity index (χ3n) is 4.52. The summed E-state index contributed by atoms with van der Waals surface area (Å²) in [6.45, 7) is 8.88. The van der Waals surface area contributed by atoms with E-state index in [9.17, 15) is 4.79 Å². The summed E-state index contributed by atoms with van der Waals surface area (Å²) in [5.41, 5.74) is 1.97. The molecule has 0 spiro atoms. The Bertz CT molecular complexity index is 728. The summed E-state index contributed by atoms with van der Waals surface area (Å²) in [5, 5.41) is 3.00. The van der Waals surface area contributed by atoms with Crippen molar-refractivity contribution in [2.45, 2.75) is 20.4 Å². The van der Waals surface area contributed by atoms with Gasteiger partial charge in [-0.2, -0.15) is 0 Å². The second-order valence-electron chi connectivity index (χ2n) is 7.25. The summed E-state index contributed by atoms with van der Waals surface area (Å²) in [6.07, 6.45) is 3.63. The lowest BCUT2D eigenvalue weighted by atomic mass is 10.2. The molecule has 0 atom stereocenters. The van der Waals surface area contributed by atoms with Crippen LogP contribution in [-0.2, 0) is 6.54 Å². The number of nitrogens with zero attached hydrogens (tertiary/aromatic N) is 3. The number of hydrogen-bond acceptors (Lipinski definition) is 4. The number of amides is 2. The Labute approximate surface area is 161 Å². The molecule has 0 saturated carbocycles. The van der Waals surface area contributed by atoms with Crippen molar-refractivity contribution in [1.82, 2.24) is 14.8 Å². The summed E-state index contributed by atoms with van der Waals surface area (Å²) < 4.78 is 5.82. The maximum absolute atomic E-state index is 12.7. The Hall–Kier alpha value is -2.60. The molecule has 1 aliphatic rings. The van der Waals surface area contributed by atoms with Crippen molar-refractivity contribution >= 4 is 11.7 Å². The zero-order valence-electron chi connectivity index (χ0n) is 16.1. The predicted octanol–water partition coefficient (Wildman–Crippen LogP) is 3.47. The van der Waals surface area contributed by atoms with Crippen LogP contribution in [0.1, 0.15) is 19.4 Å². The maximum Gasteiger partial charge on any atom is 0.322 e. The zero-order chi connectivity index (χ0) is 19.1. The van der Waals surface area contributed by atoms with Gasteiger partial charge in [-0.15, -0.1) is 0 Å². The molecule has 1 aliphatic heterocycles. The maximum atomic E-state index is 12.7. The average Bonchev–Trinajstić information content (AvgIpc) is 2.68. The molecular formula is C21H28N4O2. The van der Waals surface area contributed by atoms with E-state index in [1.807, 2.05) is 53.7 Å². The Morgan fingerprint density at radius 2 is 1.81 bits per heavy atom. The van der Waals surface area contributed by atoms with Crippen molar-refractivity contribution in [2.24, 2.45) is 5.92 Å². The van der Waals surface area contributed by atoms with Crippen LogP contribution in [0.5, 0.6) is 5.75 Å². The summed E-state index contributed by atoms with van der Waals surface area (Å²) in [5.74, 6) is 1.15. The van der Waals surface area contributed by atoms with Gasteiger partial charge in [0.15, 0.2) is 0 Å². The van der Waals surface area contributed by atoms with Crippen LogP contribution in [0.2, 0.25) is 0 Å². The molecular weight excluding hydrogens is 340 g/mol. The van der Waals surface area contributed by atoms with Crippen molar-refractivity contribution in [1.29, 1.82) is 0 Å². The van der Waals surface area contributed by atoms with Gasteiger partial charge in [0.05, 0.1) is 12.3 Å². The van der Waals surface area contributed by atoms with E-state index in [1.165, 1.54) is 5.56 Å². The quantitative estimate of drug-likeness (QED) is 0.848. The van der Waals surface area contributed by atoms with Gasteiger partial charge in [0.2, 0.25) is 0 Å². The van der Waals surface area contributed by atoms with Crippen LogP contribution in [-0.4, -0.2) is 53.6 Å². The number of benzene rings is 1. The first-order chi connectivity index (χ1) is 13.1. The standard InChI is InChI=1S/C21H28N4O2/c1-17(2)16-27-20-6-4-3-5-19(20)23-21(26)25-13-11-24(12-14-25)15-18-7-9-22-10-8-18/h3-10,17H,11-16H2,1-2H3,(H,23,26). The van der Waals surface area contributed by atoms with Gasteiger partial charge in [-0.05, 0) is 35.7 Å². The highest BCUT2D eigenvalue weighted by atomic mass is 16.5. The lowest BCUT2D eigenvalue weighted by Crippen LogP contribution is -2.49. The summed E-state index contributed by atoms with van der Waals surface area (Å²) in [6, 6.07) is 11.6. The molecule has 0 radical (unpaired) electrons. The minimum Gasteiger partial charge on any atom is -0.491 e. The van der Waals surface area contributed by atoms with E-state index in [-0.39, 0.29) is 6.03 Å². The topological polar surface area (TPSA) is 57.7 Å². The molecule has 0 aliphatic carbocycles. The lowest BCUT2D eigenvalue weighted by molar-refractivity contribution is 0.143. The van der Waals surface area contributed by atoms with Gasteiger partial charge < -0.3 is 15.0 Å². The van der Waals surface area contributed by atoms with E-state index < -0.39 is 0 Å². The van der Waals surface area contributed by atoms with Crippen LogP contribution in [0.4, 0.5) is 10.5 Å². The Balaban J connectivity index is 1.51. The number of hydrogen-bond donors (Lipinski definition) is 1. The average molecular weight is 368 g/mol. The molecule has 6 nitrogen and oxygen atoms in total. The number of aromatic nitrogens is 1.